The maximum atomic E-state index is 13.4. The fourth-order valence-electron chi connectivity index (χ4n) is 4.23. The van der Waals surface area contributed by atoms with Gasteiger partial charge in [-0.2, -0.15) is 0 Å². The Balaban J connectivity index is 1.81. The Kier molecular flexibility index (Phi) is 3.31. The summed E-state index contributed by atoms with van der Waals surface area (Å²) in [7, 11) is 3.36. The summed E-state index contributed by atoms with van der Waals surface area (Å²) in [6.45, 7) is 1.82. The molecule has 0 fully saturated rings. The second-order valence-electron chi connectivity index (χ2n) is 7.45. The van der Waals surface area contributed by atoms with Gasteiger partial charge >= 0.3 is 5.69 Å². The first-order valence-corrected chi connectivity index (χ1v) is 9.16. The Morgan fingerprint density at radius 2 is 1.48 bits per heavy atom. The Morgan fingerprint density at radius 1 is 0.828 bits per heavy atom. The first-order chi connectivity index (χ1) is 13.8. The number of benzene rings is 3. The van der Waals surface area contributed by atoms with Crippen LogP contribution in [0, 0.1) is 6.92 Å². The SMILES string of the molecule is Cc1cc2c(cc1N1C(=O)c3cccc4cc(N)cc(c34)C1=O)n(C)c(=O)n2C. The van der Waals surface area contributed by atoms with Gasteiger partial charge in [0.1, 0.15) is 0 Å². The van der Waals surface area contributed by atoms with E-state index in [-0.39, 0.29) is 11.6 Å². The van der Waals surface area contributed by atoms with E-state index < -0.39 is 5.91 Å². The van der Waals surface area contributed by atoms with E-state index in [1.807, 2.05) is 19.1 Å². The Labute approximate surface area is 165 Å². The first-order valence-electron chi connectivity index (χ1n) is 9.16. The van der Waals surface area contributed by atoms with Gasteiger partial charge in [-0.15, -0.1) is 0 Å². The number of nitrogens with zero attached hydrogens (tertiary/aromatic N) is 3. The molecule has 1 aromatic heterocycles. The third kappa shape index (κ3) is 2.15. The number of carbonyl (C=O) groups is 2. The van der Waals surface area contributed by atoms with E-state index in [0.29, 0.717) is 33.4 Å². The van der Waals surface area contributed by atoms with E-state index in [0.717, 1.165) is 16.5 Å². The van der Waals surface area contributed by atoms with Gasteiger partial charge in [0.15, 0.2) is 0 Å². The predicted molar refractivity (Wildman–Crippen MR) is 112 cm³/mol. The molecule has 5 rings (SSSR count). The van der Waals surface area contributed by atoms with Crippen molar-refractivity contribution in [3.05, 3.63) is 69.6 Å². The molecule has 4 aromatic rings. The third-order valence-corrected chi connectivity index (χ3v) is 5.70. The number of anilines is 2. The lowest BCUT2D eigenvalue weighted by molar-refractivity contribution is 0.0893. The molecule has 144 valence electrons. The average molecular weight is 386 g/mol. The normalized spacial score (nSPS) is 13.7. The van der Waals surface area contributed by atoms with Gasteiger partial charge in [-0.05, 0) is 48.2 Å². The number of hydrogen-bond acceptors (Lipinski definition) is 4. The summed E-state index contributed by atoms with van der Waals surface area (Å²) in [4.78, 5) is 40.2. The van der Waals surface area contributed by atoms with Crippen LogP contribution in [-0.4, -0.2) is 20.9 Å². The van der Waals surface area contributed by atoms with Gasteiger partial charge < -0.3 is 5.73 Å². The minimum atomic E-state index is -0.422. The van der Waals surface area contributed by atoms with Crippen LogP contribution in [0.2, 0.25) is 0 Å². The molecule has 0 aliphatic carbocycles. The minimum absolute atomic E-state index is 0.171. The molecular formula is C22H18N4O3. The maximum Gasteiger partial charge on any atom is 0.328 e. The summed E-state index contributed by atoms with van der Waals surface area (Å²) >= 11 is 0. The number of aryl methyl sites for hydroxylation is 3. The summed E-state index contributed by atoms with van der Waals surface area (Å²) in [5.41, 5.74) is 9.72. The number of fused-ring (bicyclic) bond motifs is 1. The first kappa shape index (κ1) is 17.2. The second kappa shape index (κ2) is 5.57. The Morgan fingerprint density at radius 3 is 2.21 bits per heavy atom. The molecule has 0 saturated heterocycles. The van der Waals surface area contributed by atoms with E-state index in [1.165, 1.54) is 9.47 Å². The second-order valence-corrected chi connectivity index (χ2v) is 7.45. The molecule has 7 nitrogen and oxygen atoms in total. The van der Waals surface area contributed by atoms with Crippen molar-refractivity contribution < 1.29 is 9.59 Å². The number of hydrogen-bond donors (Lipinski definition) is 1. The third-order valence-electron chi connectivity index (χ3n) is 5.70. The molecule has 0 radical (unpaired) electrons. The maximum absolute atomic E-state index is 13.4. The molecule has 0 saturated carbocycles. The van der Waals surface area contributed by atoms with Crippen LogP contribution in [0.15, 0.2) is 47.3 Å². The topological polar surface area (TPSA) is 90.3 Å². The molecule has 0 bridgehead atoms. The van der Waals surface area contributed by atoms with Crippen molar-refractivity contribution >= 4 is 45.0 Å². The van der Waals surface area contributed by atoms with Crippen LogP contribution in [0.3, 0.4) is 0 Å². The lowest BCUT2D eigenvalue weighted by atomic mass is 9.92. The number of imidazole rings is 1. The molecule has 0 spiro atoms. The largest absolute Gasteiger partial charge is 0.399 e. The summed E-state index contributed by atoms with van der Waals surface area (Å²) < 4.78 is 3.05. The predicted octanol–water partition coefficient (Wildman–Crippen LogP) is 2.72. The van der Waals surface area contributed by atoms with Crippen LogP contribution in [0.25, 0.3) is 21.8 Å². The van der Waals surface area contributed by atoms with Gasteiger partial charge in [0, 0.05) is 30.7 Å². The quantitative estimate of drug-likeness (QED) is 0.402. The molecule has 0 atom stereocenters. The number of carbonyl (C=O) groups excluding carboxylic acids is 2. The van der Waals surface area contributed by atoms with E-state index in [2.05, 4.69) is 0 Å². The van der Waals surface area contributed by atoms with Crippen molar-refractivity contribution in [1.82, 2.24) is 9.13 Å². The van der Waals surface area contributed by atoms with Crippen molar-refractivity contribution in [3.8, 4) is 0 Å². The molecule has 1 aliphatic rings. The average Bonchev–Trinajstić information content (AvgIpc) is 2.89. The zero-order valence-corrected chi connectivity index (χ0v) is 16.2. The van der Waals surface area contributed by atoms with E-state index in [9.17, 15) is 14.4 Å². The monoisotopic (exact) mass is 386 g/mol. The van der Waals surface area contributed by atoms with E-state index in [1.54, 1.807) is 49.0 Å². The van der Waals surface area contributed by atoms with Crippen LogP contribution in [-0.2, 0) is 14.1 Å². The van der Waals surface area contributed by atoms with Crippen LogP contribution < -0.4 is 16.3 Å². The number of rotatable bonds is 1. The molecular weight excluding hydrogens is 368 g/mol. The highest BCUT2D eigenvalue weighted by Gasteiger charge is 2.35. The summed E-state index contributed by atoms with van der Waals surface area (Å²) in [6.07, 6.45) is 0. The van der Waals surface area contributed by atoms with Crippen LogP contribution >= 0.6 is 0 Å². The number of aromatic nitrogens is 2. The van der Waals surface area contributed by atoms with Crippen molar-refractivity contribution in [2.45, 2.75) is 6.92 Å². The Bertz CT molecular complexity index is 1460. The fourth-order valence-corrected chi connectivity index (χ4v) is 4.23. The van der Waals surface area contributed by atoms with Crippen LogP contribution in [0.4, 0.5) is 11.4 Å². The molecule has 7 heteroatoms. The van der Waals surface area contributed by atoms with Crippen LogP contribution in [0.5, 0.6) is 0 Å². The van der Waals surface area contributed by atoms with Crippen molar-refractivity contribution in [2.24, 2.45) is 14.1 Å². The van der Waals surface area contributed by atoms with E-state index in [4.69, 9.17) is 5.73 Å². The standard InChI is InChI=1S/C22H18N4O3/c1-11-7-17-18(25(3)22(29)24(17)2)10-16(11)26-20(27)14-6-4-5-12-8-13(23)9-15(19(12)14)21(26)28/h4-10H,23H2,1-3H3. The van der Waals surface area contributed by atoms with Gasteiger partial charge in [0.2, 0.25) is 0 Å². The highest BCUT2D eigenvalue weighted by Crippen LogP contribution is 2.36. The zero-order valence-electron chi connectivity index (χ0n) is 16.2. The lowest BCUT2D eigenvalue weighted by Crippen LogP contribution is -2.41. The van der Waals surface area contributed by atoms with Crippen LogP contribution in [0.1, 0.15) is 26.3 Å². The van der Waals surface area contributed by atoms with Crippen molar-refractivity contribution in [3.63, 3.8) is 0 Å². The molecule has 29 heavy (non-hydrogen) atoms. The van der Waals surface area contributed by atoms with Gasteiger partial charge in [-0.25, -0.2) is 9.69 Å². The number of nitrogens with two attached hydrogens (primary N) is 1. The Hall–Kier alpha value is -3.87. The van der Waals surface area contributed by atoms with Gasteiger partial charge in [0.05, 0.1) is 22.3 Å². The molecule has 0 unspecified atom stereocenters. The molecule has 1 aliphatic heterocycles. The van der Waals surface area contributed by atoms with Crippen molar-refractivity contribution in [1.29, 1.82) is 0 Å². The molecule has 3 aromatic carbocycles. The van der Waals surface area contributed by atoms with E-state index >= 15 is 0 Å². The summed E-state index contributed by atoms with van der Waals surface area (Å²) in [5.74, 6) is -0.810. The fraction of sp³-hybridized carbons (Fsp3) is 0.136. The smallest absolute Gasteiger partial charge is 0.328 e. The summed E-state index contributed by atoms with van der Waals surface area (Å²) in [6, 6.07) is 12.3. The van der Waals surface area contributed by atoms with Crippen molar-refractivity contribution in [2.75, 3.05) is 10.6 Å². The minimum Gasteiger partial charge on any atom is -0.399 e. The number of amides is 2. The zero-order chi connectivity index (χ0) is 20.6. The highest BCUT2D eigenvalue weighted by molar-refractivity contribution is 6.36. The highest BCUT2D eigenvalue weighted by atomic mass is 16.2. The molecule has 2 heterocycles. The number of imide groups is 1. The molecule has 2 N–H and O–H groups in total. The molecule has 2 amide bonds. The number of nitrogen functional groups attached to an aromatic ring is 1. The van der Waals surface area contributed by atoms with Gasteiger partial charge in [-0.3, -0.25) is 18.7 Å². The summed E-state index contributed by atoms with van der Waals surface area (Å²) in [5, 5.41) is 1.38. The lowest BCUT2D eigenvalue weighted by Gasteiger charge is -2.28. The van der Waals surface area contributed by atoms with Gasteiger partial charge in [0.25, 0.3) is 11.8 Å². The van der Waals surface area contributed by atoms with Gasteiger partial charge in [-0.1, -0.05) is 12.1 Å².